The maximum atomic E-state index is 10.0. The molecule has 1 aliphatic rings. The van der Waals surface area contributed by atoms with Crippen molar-refractivity contribution in [2.75, 3.05) is 11.5 Å². The number of fused-ring (bicyclic) bond motifs is 1. The number of hydrogen-bond acceptors (Lipinski definition) is 7. The SMILES string of the molecule is C#C[C@H](O)C[C@@]1(c2cccc(-c3ccc4nc(C)nc(N)c4n3)c2)CSC=N1. The Hall–Kier alpha value is -2.95. The van der Waals surface area contributed by atoms with Crippen molar-refractivity contribution in [3.8, 4) is 23.6 Å². The Labute approximate surface area is 167 Å². The van der Waals surface area contributed by atoms with Gasteiger partial charge in [0.05, 0.1) is 22.3 Å². The molecule has 4 rings (SSSR count). The van der Waals surface area contributed by atoms with Crippen molar-refractivity contribution in [3.63, 3.8) is 0 Å². The molecule has 0 radical (unpaired) electrons. The van der Waals surface area contributed by atoms with Crippen LogP contribution in [-0.4, -0.2) is 37.5 Å². The van der Waals surface area contributed by atoms with Crippen LogP contribution in [0.25, 0.3) is 22.3 Å². The van der Waals surface area contributed by atoms with E-state index in [9.17, 15) is 5.11 Å². The summed E-state index contributed by atoms with van der Waals surface area (Å²) in [4.78, 5) is 17.9. The van der Waals surface area contributed by atoms with Gasteiger partial charge in [-0.15, -0.1) is 18.2 Å². The van der Waals surface area contributed by atoms with E-state index < -0.39 is 11.6 Å². The highest BCUT2D eigenvalue weighted by Crippen LogP contribution is 2.39. The van der Waals surface area contributed by atoms with Gasteiger partial charge >= 0.3 is 0 Å². The number of nitrogen functional groups attached to an aromatic ring is 1. The molecule has 0 saturated heterocycles. The van der Waals surface area contributed by atoms with E-state index in [2.05, 4.69) is 25.9 Å². The molecular formula is C21H19N5OS. The number of nitrogens with zero attached hydrogens (tertiary/aromatic N) is 4. The fourth-order valence-corrected chi connectivity index (χ4v) is 4.39. The van der Waals surface area contributed by atoms with Gasteiger partial charge in [-0.25, -0.2) is 15.0 Å². The first-order valence-corrected chi connectivity index (χ1v) is 9.87. The number of anilines is 1. The lowest BCUT2D eigenvalue weighted by Crippen LogP contribution is -2.29. The van der Waals surface area contributed by atoms with Gasteiger partial charge in [0, 0.05) is 17.7 Å². The Bertz CT molecular complexity index is 1120. The first-order valence-electron chi connectivity index (χ1n) is 8.82. The predicted molar refractivity (Wildman–Crippen MR) is 114 cm³/mol. The van der Waals surface area contributed by atoms with Crippen LogP contribution in [0.5, 0.6) is 0 Å². The lowest BCUT2D eigenvalue weighted by molar-refractivity contribution is 0.190. The molecule has 2 atom stereocenters. The van der Waals surface area contributed by atoms with Gasteiger partial charge in [0.25, 0.3) is 0 Å². The fourth-order valence-electron chi connectivity index (χ4n) is 3.40. The summed E-state index contributed by atoms with van der Waals surface area (Å²) in [5.41, 5.74) is 11.3. The standard InChI is InChI=1S/C21H19N5OS/c1-3-16(27)10-21(11-28-12-23-21)15-6-4-5-14(9-15)17-7-8-18-19(26-17)20(22)25-13(2)24-18/h1,4-9,12,16,27H,10-11H2,2H3,(H2,22,24,25)/t16-,21-/m0/s1. The minimum absolute atomic E-state index is 0.367. The average molecular weight is 389 g/mol. The van der Waals surface area contributed by atoms with E-state index in [-0.39, 0.29) is 0 Å². The summed E-state index contributed by atoms with van der Waals surface area (Å²) in [6.45, 7) is 1.80. The average Bonchev–Trinajstić information content (AvgIpc) is 3.17. The maximum Gasteiger partial charge on any atom is 0.153 e. The Morgan fingerprint density at radius 2 is 2.14 bits per heavy atom. The van der Waals surface area contributed by atoms with Gasteiger partial charge in [-0.1, -0.05) is 24.1 Å². The van der Waals surface area contributed by atoms with Crippen LogP contribution in [-0.2, 0) is 5.54 Å². The number of rotatable bonds is 4. The summed E-state index contributed by atoms with van der Waals surface area (Å²) in [6, 6.07) is 11.8. The molecular weight excluding hydrogens is 370 g/mol. The number of thioether (sulfide) groups is 1. The maximum absolute atomic E-state index is 10.0. The monoisotopic (exact) mass is 389 g/mol. The lowest BCUT2D eigenvalue weighted by atomic mass is 9.85. The fraction of sp³-hybridized carbons (Fsp3) is 0.238. The Kier molecular flexibility index (Phi) is 4.75. The highest BCUT2D eigenvalue weighted by molar-refractivity contribution is 8.12. The molecule has 0 unspecified atom stereocenters. The summed E-state index contributed by atoms with van der Waals surface area (Å²) in [6.07, 6.45) is 4.92. The van der Waals surface area contributed by atoms with E-state index in [4.69, 9.17) is 12.2 Å². The van der Waals surface area contributed by atoms with Crippen molar-refractivity contribution >= 4 is 34.2 Å². The minimum Gasteiger partial charge on any atom is -0.382 e. The van der Waals surface area contributed by atoms with Crippen molar-refractivity contribution in [2.24, 2.45) is 4.99 Å². The number of aryl methyl sites for hydroxylation is 1. The van der Waals surface area contributed by atoms with E-state index in [0.717, 1.165) is 28.1 Å². The van der Waals surface area contributed by atoms with Crippen molar-refractivity contribution in [2.45, 2.75) is 25.0 Å². The number of benzene rings is 1. The summed E-state index contributed by atoms with van der Waals surface area (Å²) >= 11 is 1.62. The molecule has 140 valence electrons. The Morgan fingerprint density at radius 1 is 1.29 bits per heavy atom. The first-order chi connectivity index (χ1) is 13.5. The second-order valence-electron chi connectivity index (χ2n) is 6.76. The van der Waals surface area contributed by atoms with Crippen LogP contribution in [0, 0.1) is 19.3 Å². The van der Waals surface area contributed by atoms with Crippen molar-refractivity contribution in [1.82, 2.24) is 15.0 Å². The molecule has 0 saturated carbocycles. The van der Waals surface area contributed by atoms with Gasteiger partial charge in [-0.05, 0) is 30.7 Å². The molecule has 0 fully saturated rings. The summed E-state index contributed by atoms with van der Waals surface area (Å²) < 4.78 is 0. The number of aliphatic hydroxyl groups excluding tert-OH is 1. The molecule has 0 spiro atoms. The summed E-state index contributed by atoms with van der Waals surface area (Å²) in [5, 5.41) is 10.0. The van der Waals surface area contributed by atoms with E-state index in [1.165, 1.54) is 0 Å². The van der Waals surface area contributed by atoms with Gasteiger partial charge in [0.15, 0.2) is 5.82 Å². The molecule has 1 aliphatic heterocycles. The highest BCUT2D eigenvalue weighted by Gasteiger charge is 2.36. The number of terminal acetylenes is 1. The third kappa shape index (κ3) is 3.33. The Morgan fingerprint density at radius 3 is 2.89 bits per heavy atom. The number of hydrogen-bond donors (Lipinski definition) is 2. The predicted octanol–water partition coefficient (Wildman–Crippen LogP) is 2.94. The normalized spacial score (nSPS) is 19.6. The number of nitrogens with two attached hydrogens (primary N) is 1. The van der Waals surface area contributed by atoms with Crippen molar-refractivity contribution < 1.29 is 5.11 Å². The van der Waals surface area contributed by atoms with Gasteiger partial charge in [-0.3, -0.25) is 4.99 Å². The minimum atomic E-state index is -0.849. The summed E-state index contributed by atoms with van der Waals surface area (Å²) in [5.74, 6) is 4.12. The first kappa shape index (κ1) is 18.4. The largest absolute Gasteiger partial charge is 0.382 e. The molecule has 0 amide bonds. The number of aromatic nitrogens is 3. The highest BCUT2D eigenvalue weighted by atomic mass is 32.2. The van der Waals surface area contributed by atoms with Gasteiger partial charge in [0.2, 0.25) is 0 Å². The summed E-state index contributed by atoms with van der Waals surface area (Å²) in [7, 11) is 0. The Balaban J connectivity index is 1.78. The number of pyridine rings is 1. The van der Waals surface area contributed by atoms with E-state index in [1.807, 2.05) is 41.9 Å². The molecule has 3 aromatic rings. The molecule has 28 heavy (non-hydrogen) atoms. The molecule has 6 nitrogen and oxygen atoms in total. The zero-order valence-electron chi connectivity index (χ0n) is 15.3. The number of aliphatic imine (C=N–C) groups is 1. The second kappa shape index (κ2) is 7.23. The number of aliphatic hydroxyl groups is 1. The van der Waals surface area contributed by atoms with Gasteiger partial charge < -0.3 is 10.8 Å². The van der Waals surface area contributed by atoms with Crippen LogP contribution in [0.1, 0.15) is 17.8 Å². The third-order valence-electron chi connectivity index (χ3n) is 4.80. The topological polar surface area (TPSA) is 97.3 Å². The molecule has 0 aliphatic carbocycles. The zero-order valence-corrected chi connectivity index (χ0v) is 16.1. The van der Waals surface area contributed by atoms with Gasteiger partial charge in [0.1, 0.15) is 17.4 Å². The van der Waals surface area contributed by atoms with E-state index in [0.29, 0.717) is 23.6 Å². The molecule has 1 aromatic carbocycles. The lowest BCUT2D eigenvalue weighted by Gasteiger charge is -2.27. The smallest absolute Gasteiger partial charge is 0.153 e. The molecule has 3 heterocycles. The van der Waals surface area contributed by atoms with Crippen LogP contribution < -0.4 is 5.73 Å². The quantitative estimate of drug-likeness (QED) is 0.666. The van der Waals surface area contributed by atoms with Crippen LogP contribution in [0.2, 0.25) is 0 Å². The van der Waals surface area contributed by atoms with Crippen molar-refractivity contribution in [1.29, 1.82) is 0 Å². The third-order valence-corrected chi connectivity index (χ3v) is 5.70. The van der Waals surface area contributed by atoms with Crippen LogP contribution in [0.4, 0.5) is 5.82 Å². The van der Waals surface area contributed by atoms with E-state index >= 15 is 0 Å². The second-order valence-corrected chi connectivity index (χ2v) is 7.60. The van der Waals surface area contributed by atoms with Gasteiger partial charge in [-0.2, -0.15) is 0 Å². The zero-order chi connectivity index (χ0) is 19.7. The van der Waals surface area contributed by atoms with Crippen LogP contribution in [0.3, 0.4) is 0 Å². The molecule has 2 aromatic heterocycles. The van der Waals surface area contributed by atoms with E-state index in [1.54, 1.807) is 18.7 Å². The molecule has 7 heteroatoms. The van der Waals surface area contributed by atoms with Crippen LogP contribution in [0.15, 0.2) is 41.4 Å². The molecule has 0 bridgehead atoms. The van der Waals surface area contributed by atoms with Crippen molar-refractivity contribution in [3.05, 3.63) is 47.8 Å². The molecule has 3 N–H and O–H groups in total. The van der Waals surface area contributed by atoms with Crippen LogP contribution >= 0.6 is 11.8 Å².